The van der Waals surface area contributed by atoms with E-state index in [0.717, 1.165) is 0 Å². The standard InChI is InChI=1S/C8H15F2NO/c1-3-7(2)11-4-5-12-6-8(9)10/h3,7-8,11H,1,4-6H2,2H3. The fourth-order valence-corrected chi connectivity index (χ4v) is 0.615. The van der Waals surface area contributed by atoms with E-state index in [1.807, 2.05) is 6.92 Å². The van der Waals surface area contributed by atoms with E-state index >= 15 is 0 Å². The highest BCUT2D eigenvalue weighted by Crippen LogP contribution is 1.91. The summed E-state index contributed by atoms with van der Waals surface area (Å²) in [6, 6.07) is 0.195. The molecule has 1 atom stereocenters. The molecule has 0 spiro atoms. The lowest BCUT2D eigenvalue weighted by Gasteiger charge is -2.08. The second-order valence-corrected chi connectivity index (χ2v) is 2.44. The van der Waals surface area contributed by atoms with Gasteiger partial charge in [-0.05, 0) is 6.92 Å². The Labute approximate surface area is 71.6 Å². The van der Waals surface area contributed by atoms with Crippen LogP contribution < -0.4 is 5.32 Å². The van der Waals surface area contributed by atoms with Gasteiger partial charge in [-0.1, -0.05) is 6.08 Å². The van der Waals surface area contributed by atoms with Crippen molar-refractivity contribution in [3.8, 4) is 0 Å². The molecular formula is C8H15F2NO. The minimum Gasteiger partial charge on any atom is -0.374 e. The molecule has 0 bridgehead atoms. The Hall–Kier alpha value is -0.480. The summed E-state index contributed by atoms with van der Waals surface area (Å²) in [5.41, 5.74) is 0. The molecule has 0 aliphatic heterocycles. The Bertz CT molecular complexity index is 120. The van der Waals surface area contributed by atoms with E-state index in [1.54, 1.807) is 6.08 Å². The monoisotopic (exact) mass is 179 g/mol. The van der Waals surface area contributed by atoms with Crippen molar-refractivity contribution < 1.29 is 13.5 Å². The molecule has 4 heteroatoms. The van der Waals surface area contributed by atoms with Crippen LogP contribution in [0.15, 0.2) is 12.7 Å². The molecule has 0 aromatic rings. The SMILES string of the molecule is C=CC(C)NCCOCC(F)F. The van der Waals surface area contributed by atoms with Crippen LogP contribution in [0.5, 0.6) is 0 Å². The van der Waals surface area contributed by atoms with Crippen molar-refractivity contribution in [2.24, 2.45) is 0 Å². The minimum absolute atomic E-state index is 0.195. The van der Waals surface area contributed by atoms with E-state index < -0.39 is 13.0 Å². The number of hydrogen-bond donors (Lipinski definition) is 1. The van der Waals surface area contributed by atoms with Crippen LogP contribution in [0, 0.1) is 0 Å². The lowest BCUT2D eigenvalue weighted by molar-refractivity contribution is 0.0185. The topological polar surface area (TPSA) is 21.3 Å². The molecule has 0 amide bonds. The minimum atomic E-state index is -2.37. The molecule has 0 aromatic carbocycles. The van der Waals surface area contributed by atoms with Gasteiger partial charge in [0.15, 0.2) is 0 Å². The zero-order valence-corrected chi connectivity index (χ0v) is 7.22. The largest absolute Gasteiger partial charge is 0.374 e. The first-order valence-corrected chi connectivity index (χ1v) is 3.88. The van der Waals surface area contributed by atoms with Gasteiger partial charge in [0.2, 0.25) is 0 Å². The summed E-state index contributed by atoms with van der Waals surface area (Å²) in [4.78, 5) is 0. The highest BCUT2D eigenvalue weighted by molar-refractivity contribution is 4.80. The van der Waals surface area contributed by atoms with Gasteiger partial charge in [-0.2, -0.15) is 0 Å². The molecule has 72 valence electrons. The fourth-order valence-electron chi connectivity index (χ4n) is 0.615. The quantitative estimate of drug-likeness (QED) is 0.471. The van der Waals surface area contributed by atoms with E-state index in [2.05, 4.69) is 16.6 Å². The molecule has 2 nitrogen and oxygen atoms in total. The molecule has 1 unspecified atom stereocenters. The number of nitrogens with one attached hydrogen (secondary N) is 1. The van der Waals surface area contributed by atoms with E-state index in [4.69, 9.17) is 0 Å². The van der Waals surface area contributed by atoms with Gasteiger partial charge in [0.05, 0.1) is 6.61 Å². The Balaban J connectivity index is 3.05. The first-order valence-electron chi connectivity index (χ1n) is 3.88. The summed E-state index contributed by atoms with van der Waals surface area (Å²) in [5.74, 6) is 0. The van der Waals surface area contributed by atoms with Crippen molar-refractivity contribution in [1.29, 1.82) is 0 Å². The van der Waals surface area contributed by atoms with Crippen molar-refractivity contribution in [3.63, 3.8) is 0 Å². The predicted molar refractivity (Wildman–Crippen MR) is 44.5 cm³/mol. The number of rotatable bonds is 7. The molecule has 1 N–H and O–H groups in total. The zero-order valence-electron chi connectivity index (χ0n) is 7.22. The average molecular weight is 179 g/mol. The third kappa shape index (κ3) is 7.63. The molecule has 0 aliphatic carbocycles. The Morgan fingerprint density at radius 3 is 2.75 bits per heavy atom. The second-order valence-electron chi connectivity index (χ2n) is 2.44. The number of alkyl halides is 2. The van der Waals surface area contributed by atoms with E-state index in [9.17, 15) is 8.78 Å². The molecular weight excluding hydrogens is 164 g/mol. The van der Waals surface area contributed by atoms with Crippen LogP contribution in [0.3, 0.4) is 0 Å². The number of ether oxygens (including phenoxy) is 1. The van der Waals surface area contributed by atoms with Gasteiger partial charge in [-0.15, -0.1) is 6.58 Å². The van der Waals surface area contributed by atoms with Gasteiger partial charge >= 0.3 is 0 Å². The van der Waals surface area contributed by atoms with Crippen LogP contribution in [0.2, 0.25) is 0 Å². The molecule has 0 fully saturated rings. The molecule has 0 rings (SSSR count). The molecule has 0 aliphatic rings. The fraction of sp³-hybridized carbons (Fsp3) is 0.750. The molecule has 0 saturated heterocycles. The number of halogens is 2. The first-order chi connectivity index (χ1) is 5.66. The Morgan fingerprint density at radius 1 is 1.58 bits per heavy atom. The van der Waals surface area contributed by atoms with Crippen LogP contribution in [0.1, 0.15) is 6.92 Å². The zero-order chi connectivity index (χ0) is 9.40. The lowest BCUT2D eigenvalue weighted by atomic mass is 10.3. The highest BCUT2D eigenvalue weighted by Gasteiger charge is 2.00. The maximum atomic E-state index is 11.5. The van der Waals surface area contributed by atoms with Crippen LogP contribution in [-0.4, -0.2) is 32.2 Å². The maximum Gasteiger partial charge on any atom is 0.261 e. The summed E-state index contributed by atoms with van der Waals surface area (Å²) in [6.45, 7) is 5.89. The van der Waals surface area contributed by atoms with Gasteiger partial charge in [0, 0.05) is 12.6 Å². The average Bonchev–Trinajstić information content (AvgIpc) is 2.03. The maximum absolute atomic E-state index is 11.5. The normalized spacial score (nSPS) is 13.3. The smallest absolute Gasteiger partial charge is 0.261 e. The molecule has 0 heterocycles. The number of hydrogen-bond acceptors (Lipinski definition) is 2. The van der Waals surface area contributed by atoms with Crippen molar-refractivity contribution in [3.05, 3.63) is 12.7 Å². The Kier molecular flexibility index (Phi) is 6.90. The molecule has 0 radical (unpaired) electrons. The summed E-state index contributed by atoms with van der Waals surface area (Å²) in [5, 5.41) is 3.02. The van der Waals surface area contributed by atoms with E-state index in [0.29, 0.717) is 13.2 Å². The predicted octanol–water partition coefficient (Wildman–Crippen LogP) is 1.43. The van der Waals surface area contributed by atoms with Crippen molar-refractivity contribution in [2.45, 2.75) is 19.4 Å². The van der Waals surface area contributed by atoms with Gasteiger partial charge in [-0.25, -0.2) is 8.78 Å². The van der Waals surface area contributed by atoms with E-state index in [-0.39, 0.29) is 6.04 Å². The van der Waals surface area contributed by atoms with Crippen LogP contribution in [0.25, 0.3) is 0 Å². The first kappa shape index (κ1) is 11.5. The summed E-state index contributed by atoms with van der Waals surface area (Å²) >= 11 is 0. The van der Waals surface area contributed by atoms with Crippen molar-refractivity contribution >= 4 is 0 Å². The van der Waals surface area contributed by atoms with Gasteiger partial charge in [0.25, 0.3) is 6.43 Å². The molecule has 0 aromatic heterocycles. The third-order valence-electron chi connectivity index (χ3n) is 1.31. The van der Waals surface area contributed by atoms with Crippen molar-refractivity contribution in [2.75, 3.05) is 19.8 Å². The highest BCUT2D eigenvalue weighted by atomic mass is 19.3. The molecule has 12 heavy (non-hydrogen) atoms. The third-order valence-corrected chi connectivity index (χ3v) is 1.31. The lowest BCUT2D eigenvalue weighted by Crippen LogP contribution is -2.28. The van der Waals surface area contributed by atoms with Crippen LogP contribution in [0.4, 0.5) is 8.78 Å². The second kappa shape index (κ2) is 7.18. The van der Waals surface area contributed by atoms with Crippen LogP contribution >= 0.6 is 0 Å². The summed E-state index contributed by atoms with van der Waals surface area (Å²) in [7, 11) is 0. The van der Waals surface area contributed by atoms with E-state index in [1.165, 1.54) is 0 Å². The summed E-state index contributed by atoms with van der Waals surface area (Å²) < 4.78 is 27.7. The van der Waals surface area contributed by atoms with Crippen molar-refractivity contribution in [1.82, 2.24) is 5.32 Å². The van der Waals surface area contributed by atoms with Gasteiger partial charge in [-0.3, -0.25) is 0 Å². The molecule has 0 saturated carbocycles. The van der Waals surface area contributed by atoms with Gasteiger partial charge in [0.1, 0.15) is 6.61 Å². The van der Waals surface area contributed by atoms with Crippen LogP contribution in [-0.2, 0) is 4.74 Å². The summed E-state index contributed by atoms with van der Waals surface area (Å²) in [6.07, 6.45) is -0.630. The van der Waals surface area contributed by atoms with Gasteiger partial charge < -0.3 is 10.1 Å². The Morgan fingerprint density at radius 2 is 2.25 bits per heavy atom.